The number of carboxylic acid groups (broad SMARTS) is 1. The van der Waals surface area contributed by atoms with E-state index in [0.29, 0.717) is 18.5 Å². The van der Waals surface area contributed by atoms with Crippen LogP contribution < -0.4 is 10.4 Å². The van der Waals surface area contributed by atoms with Gasteiger partial charge in [0.15, 0.2) is 0 Å². The van der Waals surface area contributed by atoms with E-state index in [1.807, 2.05) is 6.08 Å². The lowest BCUT2D eigenvalue weighted by Crippen LogP contribution is -2.93. The van der Waals surface area contributed by atoms with E-state index < -0.39 is 5.97 Å². The van der Waals surface area contributed by atoms with Crippen molar-refractivity contribution in [3.63, 3.8) is 0 Å². The highest BCUT2D eigenvalue weighted by Gasteiger charge is 2.35. The van der Waals surface area contributed by atoms with Crippen molar-refractivity contribution in [1.29, 1.82) is 0 Å². The molecule has 2 N–H and O–H groups in total. The summed E-state index contributed by atoms with van der Waals surface area (Å²) in [6.45, 7) is 7.56. The molecule has 108 valence electrons. The molecule has 19 heavy (non-hydrogen) atoms. The van der Waals surface area contributed by atoms with Gasteiger partial charge in [0.05, 0.1) is 12.6 Å². The highest BCUT2D eigenvalue weighted by atomic mass is 16.4. The monoisotopic (exact) mass is 266 g/mol. The van der Waals surface area contributed by atoms with Crippen LogP contribution in [0.5, 0.6) is 0 Å². The first-order chi connectivity index (χ1) is 9.20. The number of carbonyl (C=O) groups excluding carboxylic acids is 1. The summed E-state index contributed by atoms with van der Waals surface area (Å²) in [4.78, 5) is 13.5. The number of aliphatic carboxylic acids is 1. The predicted molar refractivity (Wildman–Crippen MR) is 72.3 cm³/mol. The fourth-order valence-corrected chi connectivity index (χ4v) is 3.57. The Morgan fingerprint density at radius 2 is 2.26 bits per heavy atom. The minimum Gasteiger partial charge on any atom is -0.550 e. The van der Waals surface area contributed by atoms with Gasteiger partial charge in [0.25, 0.3) is 0 Å². The molecule has 2 aliphatic rings. The Bertz CT molecular complexity index is 313. The molecule has 0 aromatic carbocycles. The fraction of sp³-hybridized carbons (Fsp3) is 0.800. The zero-order valence-corrected chi connectivity index (χ0v) is 11.7. The van der Waals surface area contributed by atoms with E-state index in [0.717, 1.165) is 25.9 Å². The third-order valence-corrected chi connectivity index (χ3v) is 4.61. The van der Waals surface area contributed by atoms with Crippen LogP contribution >= 0.6 is 0 Å². The number of nitrogens with zero attached hydrogens (tertiary/aromatic N) is 1. The second kappa shape index (κ2) is 7.06. The Hall–Kier alpha value is -0.870. The topological polar surface area (TPSA) is 60.0 Å². The Morgan fingerprint density at radius 3 is 2.89 bits per heavy atom. The summed E-state index contributed by atoms with van der Waals surface area (Å²) in [5.74, 6) is -0.662. The summed E-state index contributed by atoms with van der Waals surface area (Å²) in [6.07, 6.45) is 7.46. The lowest BCUT2D eigenvalue weighted by molar-refractivity contribution is -0.704. The molecule has 0 aromatic rings. The third kappa shape index (κ3) is 4.05. The molecule has 0 saturated carbocycles. The van der Waals surface area contributed by atoms with Gasteiger partial charge in [-0.3, -0.25) is 0 Å². The second-order valence-electron chi connectivity index (χ2n) is 6.03. The van der Waals surface area contributed by atoms with E-state index in [4.69, 9.17) is 0 Å². The molecule has 2 aliphatic heterocycles. The summed E-state index contributed by atoms with van der Waals surface area (Å²) >= 11 is 0. The van der Waals surface area contributed by atoms with Crippen LogP contribution in [0.3, 0.4) is 0 Å². The normalized spacial score (nSPS) is 32.9. The molecule has 0 amide bonds. The maximum atomic E-state index is 11.2. The zero-order valence-electron chi connectivity index (χ0n) is 11.7. The number of nitrogens with two attached hydrogens (primary N) is 1. The molecule has 2 heterocycles. The third-order valence-electron chi connectivity index (χ3n) is 4.61. The molecule has 3 atom stereocenters. The first-order valence-electron chi connectivity index (χ1n) is 7.58. The SMILES string of the molecule is C=CCCN1CC(C(=O)[O-])CC(C2CCCC[NH2+]2)C1. The average molecular weight is 266 g/mol. The molecule has 2 rings (SSSR count). The Morgan fingerprint density at radius 1 is 1.42 bits per heavy atom. The maximum Gasteiger partial charge on any atom is 0.0900 e. The standard InChI is InChI=1S/C15H26N2O2/c1-2-3-8-17-10-12(9-13(11-17)15(18)19)14-6-4-5-7-16-14/h2,12-14,16H,1,3-11H2,(H,18,19). The van der Waals surface area contributed by atoms with Crippen molar-refractivity contribution in [2.75, 3.05) is 26.2 Å². The molecule has 0 bridgehead atoms. The van der Waals surface area contributed by atoms with Gasteiger partial charge in [-0.1, -0.05) is 6.08 Å². The van der Waals surface area contributed by atoms with Gasteiger partial charge in [-0.05, 0) is 32.1 Å². The van der Waals surface area contributed by atoms with E-state index in [2.05, 4.69) is 16.8 Å². The molecule has 2 fully saturated rings. The van der Waals surface area contributed by atoms with Gasteiger partial charge in [0.2, 0.25) is 0 Å². The first-order valence-corrected chi connectivity index (χ1v) is 7.58. The molecular weight excluding hydrogens is 240 g/mol. The van der Waals surface area contributed by atoms with Crippen molar-refractivity contribution in [1.82, 2.24) is 4.90 Å². The van der Waals surface area contributed by atoms with Crippen molar-refractivity contribution in [2.24, 2.45) is 11.8 Å². The van der Waals surface area contributed by atoms with Crippen LogP contribution in [0.4, 0.5) is 0 Å². The molecule has 0 aromatic heterocycles. The number of carbonyl (C=O) groups is 1. The van der Waals surface area contributed by atoms with Crippen molar-refractivity contribution < 1.29 is 15.2 Å². The Labute approximate surface area is 115 Å². The van der Waals surface area contributed by atoms with E-state index in [1.165, 1.54) is 25.8 Å². The zero-order chi connectivity index (χ0) is 13.7. The number of quaternary nitrogens is 1. The summed E-state index contributed by atoms with van der Waals surface area (Å²) in [7, 11) is 0. The minimum atomic E-state index is -0.871. The van der Waals surface area contributed by atoms with E-state index in [9.17, 15) is 9.90 Å². The van der Waals surface area contributed by atoms with Gasteiger partial charge < -0.3 is 20.1 Å². The van der Waals surface area contributed by atoms with Crippen LogP contribution in [0.2, 0.25) is 0 Å². The van der Waals surface area contributed by atoms with Crippen LogP contribution in [0.1, 0.15) is 32.1 Å². The van der Waals surface area contributed by atoms with E-state index >= 15 is 0 Å². The minimum absolute atomic E-state index is 0.293. The van der Waals surface area contributed by atoms with E-state index in [-0.39, 0.29) is 5.92 Å². The molecular formula is C15H26N2O2. The molecule has 2 saturated heterocycles. The quantitative estimate of drug-likeness (QED) is 0.674. The molecule has 4 heteroatoms. The van der Waals surface area contributed by atoms with E-state index in [1.54, 1.807) is 0 Å². The van der Waals surface area contributed by atoms with Crippen molar-refractivity contribution in [3.8, 4) is 0 Å². The van der Waals surface area contributed by atoms with Crippen molar-refractivity contribution in [2.45, 2.75) is 38.1 Å². The Kier molecular flexibility index (Phi) is 5.40. The van der Waals surface area contributed by atoms with Crippen molar-refractivity contribution >= 4 is 5.97 Å². The molecule has 0 aliphatic carbocycles. The van der Waals surface area contributed by atoms with Gasteiger partial charge in [0, 0.05) is 37.4 Å². The van der Waals surface area contributed by atoms with Crippen LogP contribution in [-0.2, 0) is 4.79 Å². The number of hydrogen-bond donors (Lipinski definition) is 1. The number of rotatable bonds is 5. The van der Waals surface area contributed by atoms with Crippen LogP contribution in [-0.4, -0.2) is 43.1 Å². The van der Waals surface area contributed by atoms with Gasteiger partial charge in [-0.25, -0.2) is 0 Å². The number of piperidine rings is 2. The van der Waals surface area contributed by atoms with Crippen LogP contribution in [0.25, 0.3) is 0 Å². The van der Waals surface area contributed by atoms with Crippen molar-refractivity contribution in [3.05, 3.63) is 12.7 Å². The maximum absolute atomic E-state index is 11.2. The highest BCUT2D eigenvalue weighted by molar-refractivity contribution is 5.68. The summed E-state index contributed by atoms with van der Waals surface area (Å²) in [6, 6.07) is 0.613. The highest BCUT2D eigenvalue weighted by Crippen LogP contribution is 2.26. The van der Waals surface area contributed by atoms with Gasteiger partial charge in [-0.15, -0.1) is 6.58 Å². The van der Waals surface area contributed by atoms with Crippen LogP contribution in [0, 0.1) is 11.8 Å². The molecule has 3 unspecified atom stereocenters. The molecule has 0 spiro atoms. The first kappa shape index (κ1) is 14.5. The summed E-state index contributed by atoms with van der Waals surface area (Å²) in [5, 5.41) is 13.7. The summed E-state index contributed by atoms with van der Waals surface area (Å²) < 4.78 is 0. The lowest BCUT2D eigenvalue weighted by atomic mass is 9.81. The number of carboxylic acids is 1. The van der Waals surface area contributed by atoms with Crippen LogP contribution in [0.15, 0.2) is 12.7 Å². The van der Waals surface area contributed by atoms with Gasteiger partial charge in [-0.2, -0.15) is 0 Å². The summed E-state index contributed by atoms with van der Waals surface area (Å²) in [5.41, 5.74) is 0. The molecule has 4 nitrogen and oxygen atoms in total. The van der Waals surface area contributed by atoms with Gasteiger partial charge in [0.1, 0.15) is 0 Å². The second-order valence-corrected chi connectivity index (χ2v) is 6.03. The van der Waals surface area contributed by atoms with Gasteiger partial charge >= 0.3 is 0 Å². The largest absolute Gasteiger partial charge is 0.550 e. The fourth-order valence-electron chi connectivity index (χ4n) is 3.57. The molecule has 0 radical (unpaired) electrons. The number of hydrogen-bond acceptors (Lipinski definition) is 3. The number of likely N-dealkylation sites (tertiary alicyclic amines) is 1. The Balaban J connectivity index is 1.96. The smallest absolute Gasteiger partial charge is 0.0900 e. The lowest BCUT2D eigenvalue weighted by Gasteiger charge is -2.41. The average Bonchev–Trinajstić information content (AvgIpc) is 2.45. The predicted octanol–water partition coefficient (Wildman–Crippen LogP) is -0.634.